The van der Waals surface area contributed by atoms with Crippen molar-refractivity contribution < 1.29 is 8.78 Å². The van der Waals surface area contributed by atoms with Crippen molar-refractivity contribution in [3.8, 4) is 11.5 Å². The van der Waals surface area contributed by atoms with Crippen LogP contribution in [0.5, 0.6) is 0 Å². The van der Waals surface area contributed by atoms with Gasteiger partial charge >= 0.3 is 0 Å². The summed E-state index contributed by atoms with van der Waals surface area (Å²) in [5, 5.41) is 0. The number of halogens is 2. The second kappa shape index (κ2) is 7.20. The number of pyridine rings is 1. The lowest BCUT2D eigenvalue weighted by Gasteiger charge is -2.17. The van der Waals surface area contributed by atoms with Crippen molar-refractivity contribution in [1.82, 2.24) is 4.57 Å². The molecule has 1 unspecified atom stereocenters. The lowest BCUT2D eigenvalue weighted by Crippen LogP contribution is -2.25. The van der Waals surface area contributed by atoms with E-state index in [-0.39, 0.29) is 11.1 Å². The van der Waals surface area contributed by atoms with Crippen LogP contribution in [-0.4, -0.2) is 12.6 Å². The van der Waals surface area contributed by atoms with E-state index in [9.17, 15) is 13.6 Å². The largest absolute Gasteiger partial charge is 0.312 e. The minimum absolute atomic E-state index is 0.108. The fraction of sp³-hybridized carbons (Fsp3) is 0.381. The molecule has 1 aromatic heterocycles. The topological polar surface area (TPSA) is 22.0 Å². The highest BCUT2D eigenvalue weighted by atomic mass is 28.3. The van der Waals surface area contributed by atoms with Gasteiger partial charge in [0.1, 0.15) is 19.7 Å². The van der Waals surface area contributed by atoms with Crippen molar-refractivity contribution in [3.05, 3.63) is 69.1 Å². The molecular weight excluding hydrogens is 348 g/mol. The first-order valence-corrected chi connectivity index (χ1v) is 12.4. The smallest absolute Gasteiger partial charge is 0.254 e. The Morgan fingerprint density at radius 1 is 1.15 bits per heavy atom. The van der Waals surface area contributed by atoms with Crippen LogP contribution in [-0.2, 0) is 13.0 Å². The van der Waals surface area contributed by atoms with E-state index in [0.717, 1.165) is 30.7 Å². The van der Waals surface area contributed by atoms with E-state index in [1.165, 1.54) is 6.07 Å². The highest BCUT2D eigenvalue weighted by Gasteiger charge is 2.24. The SMILES string of the molecule is C[Si](C)(C)C#CCC(c1cc(F)ccc1F)c1ccc2n(c1=O)CCC2. The van der Waals surface area contributed by atoms with Crippen LogP contribution >= 0.6 is 0 Å². The molecule has 5 heteroatoms. The summed E-state index contributed by atoms with van der Waals surface area (Å²) in [5.74, 6) is 1.56. The molecule has 0 N–H and O–H groups in total. The van der Waals surface area contributed by atoms with Gasteiger partial charge in [0.05, 0.1) is 0 Å². The average molecular weight is 372 g/mol. The number of hydrogen-bond donors (Lipinski definition) is 0. The Bertz CT molecular complexity index is 947. The zero-order valence-corrected chi connectivity index (χ0v) is 16.4. The molecule has 1 aliphatic rings. The van der Waals surface area contributed by atoms with Crippen molar-refractivity contribution in [2.45, 2.75) is 51.4 Å². The van der Waals surface area contributed by atoms with Crippen LogP contribution in [0.25, 0.3) is 0 Å². The first-order chi connectivity index (χ1) is 12.3. The van der Waals surface area contributed by atoms with Crippen LogP contribution in [0.15, 0.2) is 35.1 Å². The molecule has 2 heterocycles. The quantitative estimate of drug-likeness (QED) is 0.576. The minimum Gasteiger partial charge on any atom is -0.312 e. The third-order valence-corrected chi connectivity index (χ3v) is 5.51. The summed E-state index contributed by atoms with van der Waals surface area (Å²) < 4.78 is 30.0. The molecule has 2 aromatic rings. The Balaban J connectivity index is 2.10. The van der Waals surface area contributed by atoms with Gasteiger partial charge in [-0.3, -0.25) is 4.79 Å². The predicted molar refractivity (Wildman–Crippen MR) is 103 cm³/mol. The summed E-state index contributed by atoms with van der Waals surface area (Å²) in [6.07, 6.45) is 2.12. The van der Waals surface area contributed by atoms with Gasteiger partial charge in [-0.2, -0.15) is 0 Å². The first kappa shape index (κ1) is 18.6. The van der Waals surface area contributed by atoms with Crippen LogP contribution in [0.4, 0.5) is 8.78 Å². The highest BCUT2D eigenvalue weighted by molar-refractivity contribution is 6.83. The number of aryl methyl sites for hydroxylation is 1. The molecule has 1 aromatic carbocycles. The number of rotatable bonds is 3. The van der Waals surface area contributed by atoms with Gasteiger partial charge in [-0.15, -0.1) is 11.5 Å². The zero-order chi connectivity index (χ0) is 18.9. The molecule has 26 heavy (non-hydrogen) atoms. The van der Waals surface area contributed by atoms with E-state index in [4.69, 9.17) is 0 Å². The summed E-state index contributed by atoms with van der Waals surface area (Å²) in [5.41, 5.74) is 4.85. The number of nitrogens with zero attached hydrogens (tertiary/aromatic N) is 1. The second-order valence-electron chi connectivity index (χ2n) is 7.81. The summed E-state index contributed by atoms with van der Waals surface area (Å²) in [7, 11) is -1.59. The predicted octanol–water partition coefficient (Wildman–Crippen LogP) is 4.48. The van der Waals surface area contributed by atoms with E-state index in [1.807, 2.05) is 6.07 Å². The molecule has 2 nitrogen and oxygen atoms in total. The molecule has 0 radical (unpaired) electrons. The Morgan fingerprint density at radius 3 is 2.65 bits per heavy atom. The van der Waals surface area contributed by atoms with E-state index < -0.39 is 25.6 Å². The molecular formula is C21H23F2NOSi. The monoisotopic (exact) mass is 371 g/mol. The van der Waals surface area contributed by atoms with Crippen molar-refractivity contribution >= 4 is 8.07 Å². The molecule has 0 aliphatic carbocycles. The second-order valence-corrected chi connectivity index (χ2v) is 12.6. The lowest BCUT2D eigenvalue weighted by molar-refractivity contribution is 0.573. The molecule has 0 amide bonds. The zero-order valence-electron chi connectivity index (χ0n) is 15.4. The van der Waals surface area contributed by atoms with Gasteiger partial charge in [0.2, 0.25) is 0 Å². The Labute approximate surface area is 153 Å². The summed E-state index contributed by atoms with van der Waals surface area (Å²) in [6, 6.07) is 7.10. The van der Waals surface area contributed by atoms with E-state index in [2.05, 4.69) is 31.1 Å². The lowest BCUT2D eigenvalue weighted by atomic mass is 9.89. The third-order valence-electron chi connectivity index (χ3n) is 4.59. The van der Waals surface area contributed by atoms with Crippen molar-refractivity contribution in [3.63, 3.8) is 0 Å². The van der Waals surface area contributed by atoms with Gasteiger partial charge in [0.25, 0.3) is 5.56 Å². The molecule has 0 spiro atoms. The maximum atomic E-state index is 14.5. The van der Waals surface area contributed by atoms with E-state index >= 15 is 0 Å². The van der Waals surface area contributed by atoms with Crippen molar-refractivity contribution in [1.29, 1.82) is 0 Å². The maximum Gasteiger partial charge on any atom is 0.254 e. The first-order valence-electron chi connectivity index (χ1n) is 8.94. The molecule has 0 fully saturated rings. The van der Waals surface area contributed by atoms with Gasteiger partial charge in [0.15, 0.2) is 0 Å². The molecule has 1 atom stereocenters. The van der Waals surface area contributed by atoms with Crippen LogP contribution in [0.1, 0.15) is 35.6 Å². The molecule has 0 saturated carbocycles. The molecule has 3 rings (SSSR count). The summed E-state index contributed by atoms with van der Waals surface area (Å²) in [4.78, 5) is 12.9. The molecule has 0 bridgehead atoms. The summed E-state index contributed by atoms with van der Waals surface area (Å²) in [6.45, 7) is 7.06. The van der Waals surface area contributed by atoms with Gasteiger partial charge in [-0.05, 0) is 42.7 Å². The van der Waals surface area contributed by atoms with Crippen LogP contribution in [0, 0.1) is 23.1 Å². The maximum absolute atomic E-state index is 14.5. The molecule has 1 aliphatic heterocycles. The van der Waals surface area contributed by atoms with Crippen LogP contribution < -0.4 is 5.56 Å². The van der Waals surface area contributed by atoms with Gasteiger partial charge in [-0.25, -0.2) is 8.78 Å². The van der Waals surface area contributed by atoms with Crippen LogP contribution in [0.2, 0.25) is 19.6 Å². The van der Waals surface area contributed by atoms with E-state index in [1.54, 1.807) is 10.6 Å². The number of hydrogen-bond acceptors (Lipinski definition) is 1. The molecule has 136 valence electrons. The minimum atomic E-state index is -1.59. The third kappa shape index (κ3) is 3.96. The van der Waals surface area contributed by atoms with Gasteiger partial charge in [-0.1, -0.05) is 25.7 Å². The van der Waals surface area contributed by atoms with E-state index in [0.29, 0.717) is 18.5 Å². The number of aromatic nitrogens is 1. The number of benzene rings is 1. The average Bonchev–Trinajstić information content (AvgIpc) is 3.04. The highest BCUT2D eigenvalue weighted by Crippen LogP contribution is 2.29. The Morgan fingerprint density at radius 2 is 1.92 bits per heavy atom. The Hall–Kier alpha value is -2.19. The van der Waals surface area contributed by atoms with Gasteiger partial charge < -0.3 is 4.57 Å². The number of fused-ring (bicyclic) bond motifs is 1. The fourth-order valence-corrected chi connectivity index (χ4v) is 4.00. The van der Waals surface area contributed by atoms with Crippen molar-refractivity contribution in [2.24, 2.45) is 0 Å². The normalized spacial score (nSPS) is 14.5. The Kier molecular flexibility index (Phi) is 5.15. The standard InChI is InChI=1S/C21H23F2NOSi/c1-26(2,3)13-5-7-17(19-14-15(22)8-11-20(19)23)18-10-9-16-6-4-12-24(16)21(18)25/h8-11,14,17H,4,6-7,12H2,1-3H3. The summed E-state index contributed by atoms with van der Waals surface area (Å²) >= 11 is 0. The van der Waals surface area contributed by atoms with Gasteiger partial charge in [0, 0.05) is 30.1 Å². The van der Waals surface area contributed by atoms with Crippen molar-refractivity contribution in [2.75, 3.05) is 0 Å². The molecule has 0 saturated heterocycles. The van der Waals surface area contributed by atoms with Crippen LogP contribution in [0.3, 0.4) is 0 Å². The fourth-order valence-electron chi connectivity index (χ4n) is 3.37.